The van der Waals surface area contributed by atoms with Crippen LogP contribution in [0.2, 0.25) is 0 Å². The number of Topliss-reactive ketones (excluding diaryl/α,β-unsaturated/α-hetero) is 4. The SMILES string of the molecule is CCCCCCCCCCOc1cc(-c2cc(OCCCCCCCCCC)c(-c3ccc(C4=C(Cl)C(=O)C(c5ccc6cc7cc(C)ccc7cc6c5)=C(Cl)C4=O)cc3)cc2OCCCCCCCCCC)c(OCCCCCCCCCC)cc1-c1ccc(C2=C(Cl)C(=O)C(C)=C(Cl)C2=O)cc1. The Bertz CT molecular complexity index is 4190. The van der Waals surface area contributed by atoms with Gasteiger partial charge in [0.05, 0.1) is 48.2 Å². The Kier molecular flexibility index (Phi) is 33.1. The summed E-state index contributed by atoms with van der Waals surface area (Å²) in [6, 6.07) is 39.7. The number of carbonyl (C=O) groups is 4. The molecule has 0 saturated heterocycles. The first-order chi connectivity index (χ1) is 50.7. The Morgan fingerprint density at radius 1 is 0.250 bits per heavy atom. The monoisotopic (exact) mass is 1480 g/mol. The molecule has 2 aliphatic carbocycles. The predicted molar refractivity (Wildman–Crippen MR) is 438 cm³/mol. The average molecular weight is 1490 g/mol. The van der Waals surface area contributed by atoms with Crippen LogP contribution in [0.5, 0.6) is 23.0 Å². The van der Waals surface area contributed by atoms with Gasteiger partial charge in [0, 0.05) is 27.8 Å². The van der Waals surface area contributed by atoms with Gasteiger partial charge < -0.3 is 18.9 Å². The molecule has 0 amide bonds. The molecule has 9 rings (SSSR count). The van der Waals surface area contributed by atoms with Gasteiger partial charge in [0.1, 0.15) is 38.1 Å². The van der Waals surface area contributed by atoms with E-state index in [-0.39, 0.29) is 42.4 Å². The first kappa shape index (κ1) is 81.1. The molecule has 0 aliphatic heterocycles. The molecule has 0 fully saturated rings. The van der Waals surface area contributed by atoms with Crippen molar-refractivity contribution in [3.8, 4) is 56.4 Å². The summed E-state index contributed by atoms with van der Waals surface area (Å²) < 4.78 is 28.3. The largest absolute Gasteiger partial charge is 0.493 e. The summed E-state index contributed by atoms with van der Waals surface area (Å²) in [7, 11) is 0. The molecule has 12 heteroatoms. The Morgan fingerprint density at radius 2 is 0.519 bits per heavy atom. The van der Waals surface area contributed by atoms with E-state index in [1.165, 1.54) is 141 Å². The fourth-order valence-corrected chi connectivity index (χ4v) is 15.3. The number of unbranched alkanes of at least 4 members (excludes halogenated alkanes) is 28. The van der Waals surface area contributed by atoms with E-state index in [2.05, 4.69) is 89.2 Å². The number of rotatable bonds is 46. The fourth-order valence-electron chi connectivity index (χ4n) is 14.2. The summed E-state index contributed by atoms with van der Waals surface area (Å²) in [5.41, 5.74) is 7.75. The highest BCUT2D eigenvalue weighted by atomic mass is 35.5. The van der Waals surface area contributed by atoms with E-state index >= 15 is 0 Å². The molecule has 0 N–H and O–H groups in total. The molecule has 2 aliphatic rings. The van der Waals surface area contributed by atoms with Crippen molar-refractivity contribution in [2.75, 3.05) is 26.4 Å². The van der Waals surface area contributed by atoms with Crippen molar-refractivity contribution in [3.63, 3.8) is 0 Å². The molecule has 554 valence electrons. The van der Waals surface area contributed by atoms with Crippen LogP contribution in [0, 0.1) is 6.92 Å². The summed E-state index contributed by atoms with van der Waals surface area (Å²) in [6.45, 7) is 14.5. The zero-order valence-corrected chi connectivity index (χ0v) is 65.8. The number of ether oxygens (including phenoxy) is 4. The summed E-state index contributed by atoms with van der Waals surface area (Å²) >= 11 is 27.3. The van der Waals surface area contributed by atoms with Gasteiger partial charge in [-0.05, 0) is 131 Å². The number of halogens is 4. The lowest BCUT2D eigenvalue weighted by atomic mass is 9.87. The zero-order chi connectivity index (χ0) is 73.7. The summed E-state index contributed by atoms with van der Waals surface area (Å²) in [4.78, 5) is 56.1. The second-order valence-electron chi connectivity index (χ2n) is 28.7. The van der Waals surface area contributed by atoms with Crippen molar-refractivity contribution >= 4 is 108 Å². The minimum atomic E-state index is -0.526. The summed E-state index contributed by atoms with van der Waals surface area (Å²) in [6.07, 6.45) is 36.7. The van der Waals surface area contributed by atoms with Gasteiger partial charge in [-0.2, -0.15) is 0 Å². The minimum Gasteiger partial charge on any atom is -0.493 e. The maximum atomic E-state index is 14.6. The van der Waals surface area contributed by atoms with Crippen LogP contribution in [-0.2, 0) is 19.2 Å². The summed E-state index contributed by atoms with van der Waals surface area (Å²) in [5, 5.41) is 3.45. The fraction of sp³-hybridized carbons (Fsp3) is 0.457. The molecule has 0 spiro atoms. The third kappa shape index (κ3) is 22.1. The van der Waals surface area contributed by atoms with Crippen LogP contribution in [0.15, 0.2) is 147 Å². The number of hydrogen-bond acceptors (Lipinski definition) is 8. The number of carbonyl (C=O) groups excluding carboxylic acids is 4. The van der Waals surface area contributed by atoms with Gasteiger partial charge in [0.25, 0.3) is 0 Å². The van der Waals surface area contributed by atoms with Gasteiger partial charge in [-0.25, -0.2) is 0 Å². The molecule has 7 aromatic carbocycles. The molecule has 0 saturated carbocycles. The first-order valence-electron chi connectivity index (χ1n) is 39.5. The number of hydrogen-bond donors (Lipinski definition) is 0. The third-order valence-corrected chi connectivity index (χ3v) is 22.0. The highest BCUT2D eigenvalue weighted by Crippen LogP contribution is 2.49. The summed E-state index contributed by atoms with van der Waals surface area (Å²) in [5.74, 6) is 0.600. The molecule has 0 atom stereocenters. The zero-order valence-electron chi connectivity index (χ0n) is 62.8. The van der Waals surface area contributed by atoms with E-state index in [0.717, 1.165) is 132 Å². The van der Waals surface area contributed by atoms with E-state index in [0.29, 0.717) is 66.1 Å². The molecular formula is C92H110Cl4O8. The van der Waals surface area contributed by atoms with E-state index in [9.17, 15) is 19.2 Å². The molecular weight excluding hydrogens is 1370 g/mol. The van der Waals surface area contributed by atoms with Crippen LogP contribution >= 0.6 is 46.4 Å². The van der Waals surface area contributed by atoms with E-state index in [4.69, 9.17) is 65.4 Å². The maximum Gasteiger partial charge on any atom is 0.207 e. The van der Waals surface area contributed by atoms with Crippen LogP contribution in [-0.4, -0.2) is 49.6 Å². The lowest BCUT2D eigenvalue weighted by Crippen LogP contribution is -2.18. The van der Waals surface area contributed by atoms with Crippen molar-refractivity contribution in [2.24, 2.45) is 0 Å². The van der Waals surface area contributed by atoms with Gasteiger partial charge in [0.15, 0.2) is 0 Å². The van der Waals surface area contributed by atoms with E-state index < -0.39 is 23.1 Å². The van der Waals surface area contributed by atoms with Gasteiger partial charge in [-0.15, -0.1) is 0 Å². The molecule has 0 radical (unpaired) electrons. The van der Waals surface area contributed by atoms with Gasteiger partial charge in [-0.3, -0.25) is 19.2 Å². The molecule has 8 nitrogen and oxygen atoms in total. The van der Waals surface area contributed by atoms with Crippen LogP contribution in [0.25, 0.3) is 71.6 Å². The molecule has 0 bridgehead atoms. The van der Waals surface area contributed by atoms with Crippen molar-refractivity contribution in [1.82, 2.24) is 0 Å². The maximum absolute atomic E-state index is 14.6. The average Bonchev–Trinajstić information content (AvgIpc) is 0.762. The molecule has 0 aromatic heterocycles. The van der Waals surface area contributed by atoms with Crippen LogP contribution in [0.4, 0.5) is 0 Å². The Morgan fingerprint density at radius 3 is 0.885 bits per heavy atom. The molecule has 104 heavy (non-hydrogen) atoms. The van der Waals surface area contributed by atoms with Gasteiger partial charge in [0.2, 0.25) is 23.1 Å². The third-order valence-electron chi connectivity index (χ3n) is 20.5. The molecule has 0 heterocycles. The number of aryl methyl sites for hydroxylation is 1. The number of ketones is 4. The molecule has 0 unspecified atom stereocenters. The quantitative estimate of drug-likeness (QED) is 0.0211. The predicted octanol–water partition coefficient (Wildman–Crippen LogP) is 27.7. The van der Waals surface area contributed by atoms with Crippen molar-refractivity contribution in [2.45, 2.75) is 247 Å². The van der Waals surface area contributed by atoms with Crippen LogP contribution in [0.1, 0.15) is 262 Å². The number of benzene rings is 7. The second kappa shape index (κ2) is 42.4. The van der Waals surface area contributed by atoms with Crippen molar-refractivity contribution < 1.29 is 38.1 Å². The topological polar surface area (TPSA) is 105 Å². The van der Waals surface area contributed by atoms with Crippen molar-refractivity contribution in [1.29, 1.82) is 0 Å². The lowest BCUT2D eigenvalue weighted by Gasteiger charge is -2.22. The normalized spacial score (nSPS) is 13.6. The van der Waals surface area contributed by atoms with E-state index in [1.807, 2.05) is 66.7 Å². The Balaban J connectivity index is 1.13. The highest BCUT2D eigenvalue weighted by molar-refractivity contribution is 6.68. The lowest BCUT2D eigenvalue weighted by molar-refractivity contribution is -0.114. The minimum absolute atomic E-state index is 0.0457. The van der Waals surface area contributed by atoms with Crippen LogP contribution < -0.4 is 18.9 Å². The number of fused-ring (bicyclic) bond motifs is 2. The Hall–Kier alpha value is -6.94. The van der Waals surface area contributed by atoms with Gasteiger partial charge >= 0.3 is 0 Å². The smallest absolute Gasteiger partial charge is 0.207 e. The second-order valence-corrected chi connectivity index (χ2v) is 30.2. The standard InChI is InChI=1S/C92H110Cl4O8/c1-7-11-15-19-23-27-31-35-51-101-78-61-76(80(103-53-37-33-29-25-21-17-13-9-3)59-74(78)65-41-45-67(46-42-65)82-86(94)89(97)64(6)85(93)90(82)98)77-62-79(102-52-36-32-28-24-20-16-12-8-2)75(60-81(77)104-54-38-34-30-26-22-18-14-10-4)66-43-47-68(48-44-66)83-87(95)92(100)84(88(96)91(83)99)71-50-49-70-56-72-55-63(5)39-40-69(72)57-73(70)58-71/h39-50,55-62H,7-38,51-54H2,1-6H3. The van der Waals surface area contributed by atoms with Gasteiger partial charge in [-0.1, -0.05) is 338 Å². The Labute approximate surface area is 640 Å². The highest BCUT2D eigenvalue weighted by Gasteiger charge is 2.36. The van der Waals surface area contributed by atoms with Crippen LogP contribution in [0.3, 0.4) is 0 Å². The number of allylic oxidation sites excluding steroid dienone is 8. The van der Waals surface area contributed by atoms with Crippen molar-refractivity contribution in [3.05, 3.63) is 169 Å². The molecule has 7 aromatic rings. The first-order valence-corrected chi connectivity index (χ1v) is 41.0. The van der Waals surface area contributed by atoms with E-state index in [1.54, 1.807) is 0 Å².